The second-order valence-electron chi connectivity index (χ2n) is 5.36. The van der Waals surface area contributed by atoms with Gasteiger partial charge < -0.3 is 4.90 Å². The first-order valence-corrected chi connectivity index (χ1v) is 8.53. The summed E-state index contributed by atoms with van der Waals surface area (Å²) in [6.45, 7) is 2.74. The molecule has 0 radical (unpaired) electrons. The molecule has 1 aliphatic rings. The molecule has 0 bridgehead atoms. The summed E-state index contributed by atoms with van der Waals surface area (Å²) in [5.74, 6) is -0.0743. The SMILES string of the molecule is CCc1nnc(NC(=O)c2ccc(N3CCCCC3=O)cc2)s1. The minimum atomic E-state index is -0.222. The van der Waals surface area contributed by atoms with Gasteiger partial charge in [0.2, 0.25) is 11.0 Å². The summed E-state index contributed by atoms with van der Waals surface area (Å²) in [5, 5.41) is 12.0. The molecule has 23 heavy (non-hydrogen) atoms. The first kappa shape index (κ1) is 15.6. The normalized spacial score (nSPS) is 14.8. The number of aromatic nitrogens is 2. The van der Waals surface area contributed by atoms with E-state index in [4.69, 9.17) is 0 Å². The van der Waals surface area contributed by atoms with Crippen LogP contribution >= 0.6 is 11.3 Å². The third-order valence-corrected chi connectivity index (χ3v) is 4.74. The van der Waals surface area contributed by atoms with Crippen LogP contribution in [0.25, 0.3) is 0 Å². The number of nitrogens with zero attached hydrogens (tertiary/aromatic N) is 3. The third kappa shape index (κ3) is 3.56. The van der Waals surface area contributed by atoms with E-state index in [2.05, 4.69) is 15.5 Å². The van der Waals surface area contributed by atoms with Gasteiger partial charge in [-0.05, 0) is 43.5 Å². The zero-order chi connectivity index (χ0) is 16.2. The Labute approximate surface area is 138 Å². The van der Waals surface area contributed by atoms with Crippen molar-refractivity contribution in [2.75, 3.05) is 16.8 Å². The van der Waals surface area contributed by atoms with E-state index in [1.54, 1.807) is 17.0 Å². The molecule has 0 spiro atoms. The molecule has 1 fully saturated rings. The minimum Gasteiger partial charge on any atom is -0.312 e. The molecule has 2 aromatic rings. The van der Waals surface area contributed by atoms with Crippen molar-refractivity contribution < 1.29 is 9.59 Å². The number of piperidine rings is 1. The average Bonchev–Trinajstić information content (AvgIpc) is 3.03. The van der Waals surface area contributed by atoms with Crippen LogP contribution in [0.2, 0.25) is 0 Å². The van der Waals surface area contributed by atoms with Crippen molar-refractivity contribution in [2.24, 2.45) is 0 Å². The Morgan fingerprint density at radius 1 is 1.26 bits per heavy atom. The van der Waals surface area contributed by atoms with E-state index >= 15 is 0 Å². The number of carbonyl (C=O) groups is 2. The highest BCUT2D eigenvalue weighted by atomic mass is 32.1. The summed E-state index contributed by atoms with van der Waals surface area (Å²) >= 11 is 1.37. The van der Waals surface area contributed by atoms with Crippen molar-refractivity contribution in [2.45, 2.75) is 32.6 Å². The lowest BCUT2D eigenvalue weighted by Gasteiger charge is -2.26. The van der Waals surface area contributed by atoms with Crippen molar-refractivity contribution in [1.29, 1.82) is 0 Å². The van der Waals surface area contributed by atoms with Crippen molar-refractivity contribution in [3.8, 4) is 0 Å². The van der Waals surface area contributed by atoms with E-state index in [1.807, 2.05) is 19.1 Å². The van der Waals surface area contributed by atoms with Crippen molar-refractivity contribution in [1.82, 2.24) is 10.2 Å². The lowest BCUT2D eigenvalue weighted by molar-refractivity contribution is -0.119. The maximum Gasteiger partial charge on any atom is 0.257 e. The van der Waals surface area contributed by atoms with Gasteiger partial charge in [-0.3, -0.25) is 14.9 Å². The summed E-state index contributed by atoms with van der Waals surface area (Å²) in [4.78, 5) is 25.9. The third-order valence-electron chi connectivity index (χ3n) is 3.75. The summed E-state index contributed by atoms with van der Waals surface area (Å²) in [6.07, 6.45) is 3.37. The van der Waals surface area contributed by atoms with Crippen LogP contribution < -0.4 is 10.2 Å². The number of amides is 2. The van der Waals surface area contributed by atoms with Gasteiger partial charge in [0.05, 0.1) is 0 Å². The van der Waals surface area contributed by atoms with Gasteiger partial charge >= 0.3 is 0 Å². The Kier molecular flexibility index (Phi) is 4.66. The van der Waals surface area contributed by atoms with E-state index < -0.39 is 0 Å². The highest BCUT2D eigenvalue weighted by Gasteiger charge is 2.19. The van der Waals surface area contributed by atoms with Crippen LogP contribution in [0.4, 0.5) is 10.8 Å². The van der Waals surface area contributed by atoms with Gasteiger partial charge in [-0.2, -0.15) is 0 Å². The average molecular weight is 330 g/mol. The van der Waals surface area contributed by atoms with Crippen LogP contribution in [-0.2, 0) is 11.2 Å². The monoisotopic (exact) mass is 330 g/mol. The molecule has 2 amide bonds. The minimum absolute atomic E-state index is 0.148. The Bertz CT molecular complexity index is 711. The largest absolute Gasteiger partial charge is 0.312 e. The van der Waals surface area contributed by atoms with Crippen molar-refractivity contribution >= 4 is 34.0 Å². The van der Waals surface area contributed by atoms with E-state index in [9.17, 15) is 9.59 Å². The highest BCUT2D eigenvalue weighted by Crippen LogP contribution is 2.22. The number of aryl methyl sites for hydroxylation is 1. The number of rotatable bonds is 4. The topological polar surface area (TPSA) is 75.2 Å². The van der Waals surface area contributed by atoms with Gasteiger partial charge in [-0.15, -0.1) is 10.2 Å². The maximum absolute atomic E-state index is 12.2. The fourth-order valence-electron chi connectivity index (χ4n) is 2.49. The van der Waals surface area contributed by atoms with Crippen LogP contribution in [-0.4, -0.2) is 28.6 Å². The number of carbonyl (C=O) groups excluding carboxylic acids is 2. The molecule has 2 heterocycles. The molecule has 0 atom stereocenters. The molecule has 6 nitrogen and oxygen atoms in total. The number of benzene rings is 1. The Morgan fingerprint density at radius 2 is 2.04 bits per heavy atom. The number of hydrogen-bond donors (Lipinski definition) is 1. The summed E-state index contributed by atoms with van der Waals surface area (Å²) in [7, 11) is 0. The van der Waals surface area contributed by atoms with E-state index in [-0.39, 0.29) is 11.8 Å². The lowest BCUT2D eigenvalue weighted by atomic mass is 10.1. The van der Waals surface area contributed by atoms with E-state index in [1.165, 1.54) is 11.3 Å². The zero-order valence-electron chi connectivity index (χ0n) is 12.9. The molecule has 1 aromatic carbocycles. The molecule has 1 saturated heterocycles. The Hall–Kier alpha value is -2.28. The standard InChI is InChI=1S/C16H18N4O2S/c1-2-13-18-19-16(23-13)17-15(22)11-6-8-12(9-7-11)20-10-4-3-5-14(20)21/h6-9H,2-5,10H2,1H3,(H,17,19,22). The number of anilines is 2. The molecular weight excluding hydrogens is 312 g/mol. The lowest BCUT2D eigenvalue weighted by Crippen LogP contribution is -2.35. The van der Waals surface area contributed by atoms with Gasteiger partial charge in [-0.1, -0.05) is 18.3 Å². The molecule has 0 unspecified atom stereocenters. The van der Waals surface area contributed by atoms with Crippen LogP contribution in [0.1, 0.15) is 41.6 Å². The second-order valence-corrected chi connectivity index (χ2v) is 6.42. The van der Waals surface area contributed by atoms with Crippen molar-refractivity contribution in [3.63, 3.8) is 0 Å². The Morgan fingerprint density at radius 3 is 2.70 bits per heavy atom. The molecular formula is C16H18N4O2S. The first-order chi connectivity index (χ1) is 11.2. The molecule has 1 aliphatic heterocycles. The van der Waals surface area contributed by atoms with Crippen molar-refractivity contribution in [3.05, 3.63) is 34.8 Å². The fourth-order valence-corrected chi connectivity index (χ4v) is 3.16. The quantitative estimate of drug-likeness (QED) is 0.935. The van der Waals surface area contributed by atoms with Gasteiger partial charge in [0, 0.05) is 24.2 Å². The van der Waals surface area contributed by atoms with Gasteiger partial charge in [0.25, 0.3) is 5.91 Å². The van der Waals surface area contributed by atoms with Crippen LogP contribution in [0.5, 0.6) is 0 Å². The van der Waals surface area contributed by atoms with E-state index in [0.717, 1.165) is 36.5 Å². The predicted octanol–water partition coefficient (Wildman–Crippen LogP) is 2.87. The van der Waals surface area contributed by atoms with Gasteiger partial charge in [0.1, 0.15) is 5.01 Å². The fraction of sp³-hybridized carbons (Fsp3) is 0.375. The smallest absolute Gasteiger partial charge is 0.257 e. The highest BCUT2D eigenvalue weighted by molar-refractivity contribution is 7.15. The molecule has 120 valence electrons. The summed E-state index contributed by atoms with van der Waals surface area (Å²) in [6, 6.07) is 7.09. The Balaban J connectivity index is 1.68. The predicted molar refractivity (Wildman–Crippen MR) is 89.9 cm³/mol. The molecule has 3 rings (SSSR count). The van der Waals surface area contributed by atoms with Crippen LogP contribution in [0, 0.1) is 0 Å². The molecule has 1 aromatic heterocycles. The van der Waals surface area contributed by atoms with Crippen LogP contribution in [0.3, 0.4) is 0 Å². The van der Waals surface area contributed by atoms with Gasteiger partial charge in [-0.25, -0.2) is 0 Å². The number of hydrogen-bond acceptors (Lipinski definition) is 5. The van der Waals surface area contributed by atoms with Crippen LogP contribution in [0.15, 0.2) is 24.3 Å². The molecule has 1 N–H and O–H groups in total. The second kappa shape index (κ2) is 6.87. The zero-order valence-corrected chi connectivity index (χ0v) is 13.7. The molecule has 0 aliphatic carbocycles. The van der Waals surface area contributed by atoms with Gasteiger partial charge in [0.15, 0.2) is 0 Å². The molecule has 0 saturated carbocycles. The maximum atomic E-state index is 12.2. The summed E-state index contributed by atoms with van der Waals surface area (Å²) in [5.41, 5.74) is 1.38. The summed E-state index contributed by atoms with van der Waals surface area (Å²) < 4.78 is 0. The first-order valence-electron chi connectivity index (χ1n) is 7.71. The number of nitrogens with one attached hydrogen (secondary N) is 1. The molecule has 7 heteroatoms. The van der Waals surface area contributed by atoms with E-state index in [0.29, 0.717) is 17.1 Å².